The first kappa shape index (κ1) is 14.4. The molecule has 5 nitrogen and oxygen atoms in total. The van der Waals surface area contributed by atoms with Gasteiger partial charge >= 0.3 is 0 Å². The van der Waals surface area contributed by atoms with Crippen molar-refractivity contribution in [1.82, 2.24) is 9.38 Å². The van der Waals surface area contributed by atoms with Crippen LogP contribution >= 0.6 is 0 Å². The number of benzene rings is 1. The van der Waals surface area contributed by atoms with Gasteiger partial charge in [0.2, 0.25) is 5.82 Å². The maximum Gasteiger partial charge on any atom is 0.209 e. The Labute approximate surface area is 128 Å². The van der Waals surface area contributed by atoms with Gasteiger partial charge in [-0.1, -0.05) is 44.2 Å². The topological polar surface area (TPSA) is 67.0 Å². The fourth-order valence-corrected chi connectivity index (χ4v) is 2.54. The van der Waals surface area contributed by atoms with Gasteiger partial charge in [-0.05, 0) is 22.7 Å². The predicted octanol–water partition coefficient (Wildman–Crippen LogP) is 4.01. The van der Waals surface area contributed by atoms with Crippen molar-refractivity contribution < 1.29 is 5.11 Å². The number of aliphatic hydroxyl groups excluding tert-OH is 1. The molecule has 0 unspecified atom stereocenters. The summed E-state index contributed by atoms with van der Waals surface area (Å²) in [5, 5.41) is 12.6. The van der Waals surface area contributed by atoms with Gasteiger partial charge in [0.05, 0.1) is 6.61 Å². The molecule has 1 N–H and O–H groups in total. The average molecular weight is 295 g/mol. The van der Waals surface area contributed by atoms with Crippen LogP contribution in [0.3, 0.4) is 0 Å². The number of aromatic nitrogens is 2. The van der Waals surface area contributed by atoms with E-state index >= 15 is 0 Å². The number of nitrogens with zero attached hydrogens (tertiary/aromatic N) is 3. The Kier molecular flexibility index (Phi) is 3.73. The fourth-order valence-electron chi connectivity index (χ4n) is 2.54. The van der Waals surface area contributed by atoms with Crippen molar-refractivity contribution in [2.45, 2.75) is 26.4 Å². The lowest BCUT2D eigenvalue weighted by Gasteiger charge is -2.05. The summed E-state index contributed by atoms with van der Waals surface area (Å²) in [7, 11) is 0. The minimum absolute atomic E-state index is 0.134. The highest BCUT2D eigenvalue weighted by atomic mass is 16.3. The Bertz CT molecular complexity index is 820. The standard InChI is InChI=1S/C17H17N3O2/c1-11(2)12-5-7-13(8-6-12)15-17(19-22)20-9-3-4-14(10-21)16(20)18-15/h3-9,11,21H,10H2,1-2H3. The summed E-state index contributed by atoms with van der Waals surface area (Å²) in [4.78, 5) is 15.8. The molecule has 1 aromatic carbocycles. The molecular weight excluding hydrogens is 278 g/mol. The SMILES string of the molecule is CC(C)c1ccc(-c2nc3c(CO)cccn3c2N=O)cc1. The van der Waals surface area contributed by atoms with Crippen molar-refractivity contribution in [2.75, 3.05) is 0 Å². The van der Waals surface area contributed by atoms with E-state index in [1.165, 1.54) is 5.56 Å². The molecule has 0 aliphatic carbocycles. The molecular formula is C17H17N3O2. The molecule has 5 heteroatoms. The molecule has 112 valence electrons. The van der Waals surface area contributed by atoms with E-state index in [9.17, 15) is 10.0 Å². The average Bonchev–Trinajstić information content (AvgIpc) is 2.93. The largest absolute Gasteiger partial charge is 0.392 e. The van der Waals surface area contributed by atoms with Crippen LogP contribution in [0, 0.1) is 4.91 Å². The highest BCUT2D eigenvalue weighted by Crippen LogP contribution is 2.32. The van der Waals surface area contributed by atoms with Crippen molar-refractivity contribution in [1.29, 1.82) is 0 Å². The lowest BCUT2D eigenvalue weighted by Crippen LogP contribution is -1.90. The Hall–Kier alpha value is -2.53. The van der Waals surface area contributed by atoms with Gasteiger partial charge in [0.25, 0.3) is 0 Å². The maximum absolute atomic E-state index is 11.3. The summed E-state index contributed by atoms with van der Waals surface area (Å²) in [6.45, 7) is 4.13. The molecule has 0 saturated carbocycles. The Morgan fingerprint density at radius 1 is 1.23 bits per heavy atom. The number of rotatable bonds is 4. The fraction of sp³-hybridized carbons (Fsp3) is 0.235. The third-order valence-electron chi connectivity index (χ3n) is 3.81. The Morgan fingerprint density at radius 2 is 1.95 bits per heavy atom. The van der Waals surface area contributed by atoms with E-state index in [-0.39, 0.29) is 12.4 Å². The molecule has 0 fully saturated rings. The van der Waals surface area contributed by atoms with Gasteiger partial charge in [0.15, 0.2) is 0 Å². The summed E-state index contributed by atoms with van der Waals surface area (Å²) < 4.78 is 1.62. The Balaban J connectivity index is 2.19. The van der Waals surface area contributed by atoms with Gasteiger partial charge in [-0.3, -0.25) is 4.40 Å². The number of nitroso groups, excluding NO2 is 1. The van der Waals surface area contributed by atoms with E-state index in [0.717, 1.165) is 5.56 Å². The van der Waals surface area contributed by atoms with E-state index < -0.39 is 0 Å². The second kappa shape index (κ2) is 5.69. The van der Waals surface area contributed by atoms with Crippen LogP contribution in [0.5, 0.6) is 0 Å². The molecule has 0 aliphatic rings. The van der Waals surface area contributed by atoms with Crippen molar-refractivity contribution in [3.63, 3.8) is 0 Å². The van der Waals surface area contributed by atoms with Gasteiger partial charge in [-0.15, -0.1) is 4.91 Å². The molecule has 0 amide bonds. The molecule has 2 aromatic heterocycles. The normalized spacial score (nSPS) is 11.3. The number of fused-ring (bicyclic) bond motifs is 1. The van der Waals surface area contributed by atoms with Gasteiger partial charge in [0, 0.05) is 17.3 Å². The summed E-state index contributed by atoms with van der Waals surface area (Å²) in [6, 6.07) is 11.5. The van der Waals surface area contributed by atoms with Crippen LogP contribution in [0.25, 0.3) is 16.9 Å². The molecule has 3 aromatic rings. The highest BCUT2D eigenvalue weighted by Gasteiger charge is 2.16. The van der Waals surface area contributed by atoms with E-state index in [4.69, 9.17) is 0 Å². The second-order valence-corrected chi connectivity index (χ2v) is 5.54. The van der Waals surface area contributed by atoms with Crippen LogP contribution in [0.15, 0.2) is 47.8 Å². The number of imidazole rings is 1. The zero-order valence-corrected chi connectivity index (χ0v) is 12.5. The van der Waals surface area contributed by atoms with Gasteiger partial charge in [-0.25, -0.2) is 4.98 Å². The molecule has 3 rings (SSSR count). The molecule has 22 heavy (non-hydrogen) atoms. The lowest BCUT2D eigenvalue weighted by atomic mass is 10.0. The van der Waals surface area contributed by atoms with E-state index in [0.29, 0.717) is 22.8 Å². The third kappa shape index (κ3) is 2.29. The van der Waals surface area contributed by atoms with E-state index in [1.807, 2.05) is 24.3 Å². The molecule has 0 saturated heterocycles. The van der Waals surface area contributed by atoms with Crippen molar-refractivity contribution in [2.24, 2.45) is 5.18 Å². The van der Waals surface area contributed by atoms with Gasteiger partial charge < -0.3 is 5.11 Å². The predicted molar refractivity (Wildman–Crippen MR) is 86.1 cm³/mol. The van der Waals surface area contributed by atoms with Crippen LogP contribution in [0.2, 0.25) is 0 Å². The number of aliphatic hydroxyl groups is 1. The van der Waals surface area contributed by atoms with Gasteiger partial charge in [0.1, 0.15) is 11.3 Å². The Morgan fingerprint density at radius 3 is 2.55 bits per heavy atom. The highest BCUT2D eigenvalue weighted by molar-refractivity contribution is 5.75. The minimum atomic E-state index is -0.134. The van der Waals surface area contributed by atoms with Crippen LogP contribution in [-0.4, -0.2) is 14.5 Å². The second-order valence-electron chi connectivity index (χ2n) is 5.54. The third-order valence-corrected chi connectivity index (χ3v) is 3.81. The molecule has 0 radical (unpaired) electrons. The van der Waals surface area contributed by atoms with Gasteiger partial charge in [-0.2, -0.15) is 0 Å². The minimum Gasteiger partial charge on any atom is -0.392 e. The lowest BCUT2D eigenvalue weighted by molar-refractivity contribution is 0.282. The molecule has 0 spiro atoms. The van der Waals surface area contributed by atoms with Crippen molar-refractivity contribution >= 4 is 11.5 Å². The van der Waals surface area contributed by atoms with Crippen molar-refractivity contribution in [3.8, 4) is 11.3 Å². The van der Waals surface area contributed by atoms with Crippen LogP contribution in [0.4, 0.5) is 5.82 Å². The van der Waals surface area contributed by atoms with Crippen LogP contribution in [-0.2, 0) is 6.61 Å². The summed E-state index contributed by atoms with van der Waals surface area (Å²) in [5.74, 6) is 0.697. The first-order valence-electron chi connectivity index (χ1n) is 7.20. The number of pyridine rings is 1. The first-order valence-corrected chi connectivity index (χ1v) is 7.20. The maximum atomic E-state index is 11.3. The molecule has 0 aliphatic heterocycles. The summed E-state index contributed by atoms with van der Waals surface area (Å²) in [6.07, 6.45) is 1.73. The molecule has 0 bridgehead atoms. The van der Waals surface area contributed by atoms with Crippen LogP contribution in [0.1, 0.15) is 30.9 Å². The number of hydrogen-bond acceptors (Lipinski definition) is 4. The molecule has 0 atom stereocenters. The quantitative estimate of drug-likeness (QED) is 0.739. The smallest absolute Gasteiger partial charge is 0.209 e. The van der Waals surface area contributed by atoms with Crippen LogP contribution < -0.4 is 0 Å². The first-order chi connectivity index (χ1) is 10.7. The zero-order chi connectivity index (χ0) is 15.7. The monoisotopic (exact) mass is 295 g/mol. The number of hydrogen-bond donors (Lipinski definition) is 1. The summed E-state index contributed by atoms with van der Waals surface area (Å²) in [5.41, 5.74) is 3.82. The van der Waals surface area contributed by atoms with Crippen molar-refractivity contribution in [3.05, 3.63) is 58.6 Å². The van der Waals surface area contributed by atoms with E-state index in [1.54, 1.807) is 22.7 Å². The van der Waals surface area contributed by atoms with E-state index in [2.05, 4.69) is 24.0 Å². The summed E-state index contributed by atoms with van der Waals surface area (Å²) >= 11 is 0. The molecule has 2 heterocycles. The zero-order valence-electron chi connectivity index (χ0n) is 12.5.